The summed E-state index contributed by atoms with van der Waals surface area (Å²) in [5.41, 5.74) is 0.867. The van der Waals surface area contributed by atoms with Crippen LogP contribution in [0.5, 0.6) is 0 Å². The first kappa shape index (κ1) is 27.3. The third kappa shape index (κ3) is 16.3. The molecule has 0 amide bonds. The van der Waals surface area contributed by atoms with E-state index in [1.165, 1.54) is 90.0 Å². The van der Waals surface area contributed by atoms with Gasteiger partial charge in [-0.25, -0.2) is 0 Å². The standard InChI is InChI=1S/C25H43NO.BrH/c1-26(2)23-19-14-12-10-8-6-4-3-5-7-9-11-13-18-22-25(27)24-20-16-15-17-21-24;/h15-17,20-21H,3-14,18-19,22-23H2,1-2H3;1H. The number of ketones is 1. The molecule has 0 N–H and O–H groups in total. The maximum atomic E-state index is 12.0. The molecule has 162 valence electrons. The van der Waals surface area contributed by atoms with Crippen LogP contribution in [0.4, 0.5) is 0 Å². The number of unbranched alkanes of at least 4 members (excludes halogenated alkanes) is 13. The van der Waals surface area contributed by atoms with Gasteiger partial charge >= 0.3 is 0 Å². The summed E-state index contributed by atoms with van der Waals surface area (Å²) in [4.78, 5) is 14.3. The third-order valence-corrected chi connectivity index (χ3v) is 5.35. The average molecular weight is 455 g/mol. The second-order valence-electron chi connectivity index (χ2n) is 8.29. The molecule has 0 bridgehead atoms. The zero-order valence-electron chi connectivity index (χ0n) is 18.5. The number of Topliss-reactive ketones (excluding diaryl/α,β-unsaturated/α-hetero) is 1. The van der Waals surface area contributed by atoms with Crippen molar-refractivity contribution >= 4 is 22.8 Å². The predicted octanol–water partition coefficient (Wildman–Crippen LogP) is 7.86. The fraction of sp³-hybridized carbons (Fsp3) is 0.720. The van der Waals surface area contributed by atoms with Crippen LogP contribution in [0.1, 0.15) is 107 Å². The summed E-state index contributed by atoms with van der Waals surface area (Å²) in [7, 11) is 4.32. The molecule has 0 fully saturated rings. The molecule has 0 unspecified atom stereocenters. The Labute approximate surface area is 185 Å². The van der Waals surface area contributed by atoms with Crippen molar-refractivity contribution in [1.29, 1.82) is 0 Å². The highest BCUT2D eigenvalue weighted by atomic mass is 79.9. The van der Waals surface area contributed by atoms with Gasteiger partial charge in [-0.3, -0.25) is 4.79 Å². The van der Waals surface area contributed by atoms with Crippen molar-refractivity contribution in [2.45, 2.75) is 96.3 Å². The van der Waals surface area contributed by atoms with E-state index in [0.717, 1.165) is 12.0 Å². The molecule has 0 aliphatic carbocycles. The van der Waals surface area contributed by atoms with Crippen molar-refractivity contribution in [3.05, 3.63) is 35.9 Å². The van der Waals surface area contributed by atoms with Crippen LogP contribution in [0.25, 0.3) is 0 Å². The lowest BCUT2D eigenvalue weighted by Gasteiger charge is -2.08. The Bertz CT molecular complexity index is 461. The lowest BCUT2D eigenvalue weighted by molar-refractivity contribution is 0.0979. The quantitative estimate of drug-likeness (QED) is 0.166. The van der Waals surface area contributed by atoms with Crippen LogP contribution >= 0.6 is 17.0 Å². The highest BCUT2D eigenvalue weighted by molar-refractivity contribution is 8.93. The van der Waals surface area contributed by atoms with Gasteiger partial charge in [-0.2, -0.15) is 0 Å². The SMILES string of the molecule is Br.CN(C)CCCCCCCCCCCCCCCCC(=O)c1ccccc1. The van der Waals surface area contributed by atoms with E-state index in [4.69, 9.17) is 0 Å². The van der Waals surface area contributed by atoms with Crippen LogP contribution in [0.3, 0.4) is 0 Å². The van der Waals surface area contributed by atoms with Crippen LogP contribution in [-0.4, -0.2) is 31.3 Å². The Kier molecular flexibility index (Phi) is 19.2. The molecule has 0 heterocycles. The molecule has 1 aromatic rings. The first-order valence-electron chi connectivity index (χ1n) is 11.4. The van der Waals surface area contributed by atoms with Crippen molar-refractivity contribution in [3.8, 4) is 0 Å². The zero-order valence-corrected chi connectivity index (χ0v) is 20.2. The topological polar surface area (TPSA) is 20.3 Å². The molecule has 1 rings (SSSR count). The van der Waals surface area contributed by atoms with E-state index in [1.807, 2.05) is 30.3 Å². The fourth-order valence-electron chi connectivity index (χ4n) is 3.60. The van der Waals surface area contributed by atoms with Crippen LogP contribution in [0, 0.1) is 0 Å². The van der Waals surface area contributed by atoms with Crippen molar-refractivity contribution < 1.29 is 4.79 Å². The number of halogens is 1. The highest BCUT2D eigenvalue weighted by Crippen LogP contribution is 2.14. The molecule has 1 aromatic carbocycles. The normalized spacial score (nSPS) is 10.8. The largest absolute Gasteiger partial charge is 0.309 e. The fourth-order valence-corrected chi connectivity index (χ4v) is 3.60. The Morgan fingerprint density at radius 3 is 1.46 bits per heavy atom. The molecule has 0 aliphatic heterocycles. The van der Waals surface area contributed by atoms with Crippen molar-refractivity contribution in [3.63, 3.8) is 0 Å². The van der Waals surface area contributed by atoms with E-state index in [0.29, 0.717) is 12.2 Å². The Balaban J connectivity index is 0.00000729. The lowest BCUT2D eigenvalue weighted by Crippen LogP contribution is -2.12. The van der Waals surface area contributed by atoms with E-state index >= 15 is 0 Å². The minimum absolute atomic E-state index is 0. The van der Waals surface area contributed by atoms with Gasteiger partial charge in [0.1, 0.15) is 0 Å². The number of carbonyl (C=O) groups is 1. The maximum absolute atomic E-state index is 12.0. The summed E-state index contributed by atoms with van der Waals surface area (Å²) >= 11 is 0. The van der Waals surface area contributed by atoms with Crippen LogP contribution in [0.2, 0.25) is 0 Å². The molecular formula is C25H44BrNO. The van der Waals surface area contributed by atoms with Crippen LogP contribution < -0.4 is 0 Å². The monoisotopic (exact) mass is 453 g/mol. The van der Waals surface area contributed by atoms with Crippen molar-refractivity contribution in [2.75, 3.05) is 20.6 Å². The third-order valence-electron chi connectivity index (χ3n) is 5.35. The van der Waals surface area contributed by atoms with Gasteiger partial charge in [-0.15, -0.1) is 17.0 Å². The maximum Gasteiger partial charge on any atom is 0.162 e. The number of hydrogen-bond donors (Lipinski definition) is 0. The van der Waals surface area contributed by atoms with E-state index in [1.54, 1.807) is 0 Å². The van der Waals surface area contributed by atoms with Gasteiger partial charge in [-0.05, 0) is 33.5 Å². The number of nitrogens with zero attached hydrogens (tertiary/aromatic N) is 1. The van der Waals surface area contributed by atoms with Gasteiger partial charge in [0.25, 0.3) is 0 Å². The lowest BCUT2D eigenvalue weighted by atomic mass is 10.0. The summed E-state index contributed by atoms with van der Waals surface area (Å²) in [5.74, 6) is 0.299. The van der Waals surface area contributed by atoms with Crippen molar-refractivity contribution in [1.82, 2.24) is 4.90 Å². The zero-order chi connectivity index (χ0) is 19.6. The van der Waals surface area contributed by atoms with E-state index in [2.05, 4.69) is 19.0 Å². The Morgan fingerprint density at radius 1 is 0.643 bits per heavy atom. The Hall–Kier alpha value is -0.670. The second-order valence-corrected chi connectivity index (χ2v) is 8.29. The van der Waals surface area contributed by atoms with E-state index < -0.39 is 0 Å². The minimum atomic E-state index is 0. The van der Waals surface area contributed by atoms with Gasteiger partial charge in [0.15, 0.2) is 5.78 Å². The number of rotatable bonds is 18. The van der Waals surface area contributed by atoms with Gasteiger partial charge in [0, 0.05) is 12.0 Å². The molecular weight excluding hydrogens is 410 g/mol. The van der Waals surface area contributed by atoms with Crippen LogP contribution in [0.15, 0.2) is 30.3 Å². The molecule has 0 saturated heterocycles. The first-order valence-corrected chi connectivity index (χ1v) is 11.4. The molecule has 0 spiro atoms. The summed E-state index contributed by atoms with van der Waals surface area (Å²) in [6.07, 6.45) is 19.6. The van der Waals surface area contributed by atoms with Gasteiger partial charge in [0.05, 0.1) is 0 Å². The highest BCUT2D eigenvalue weighted by Gasteiger charge is 2.04. The summed E-state index contributed by atoms with van der Waals surface area (Å²) < 4.78 is 0. The summed E-state index contributed by atoms with van der Waals surface area (Å²) in [6.45, 7) is 1.24. The predicted molar refractivity (Wildman–Crippen MR) is 129 cm³/mol. The minimum Gasteiger partial charge on any atom is -0.309 e. The molecule has 0 saturated carbocycles. The Morgan fingerprint density at radius 2 is 1.04 bits per heavy atom. The molecule has 0 aliphatic rings. The first-order chi connectivity index (χ1) is 13.2. The van der Waals surface area contributed by atoms with Gasteiger partial charge in [-0.1, -0.05) is 107 Å². The molecule has 3 heteroatoms. The smallest absolute Gasteiger partial charge is 0.162 e. The van der Waals surface area contributed by atoms with Crippen molar-refractivity contribution in [2.24, 2.45) is 0 Å². The average Bonchev–Trinajstić information content (AvgIpc) is 2.68. The molecule has 0 aromatic heterocycles. The van der Waals surface area contributed by atoms with Gasteiger partial charge < -0.3 is 4.90 Å². The van der Waals surface area contributed by atoms with Gasteiger partial charge in [0.2, 0.25) is 0 Å². The summed E-state index contributed by atoms with van der Waals surface area (Å²) in [5, 5.41) is 0. The number of benzene rings is 1. The number of carbonyl (C=O) groups excluding carboxylic acids is 1. The molecule has 0 atom stereocenters. The second kappa shape index (κ2) is 19.6. The summed E-state index contributed by atoms with van der Waals surface area (Å²) in [6, 6.07) is 9.70. The van der Waals surface area contributed by atoms with E-state index in [9.17, 15) is 4.79 Å². The van der Waals surface area contributed by atoms with E-state index in [-0.39, 0.29) is 17.0 Å². The molecule has 0 radical (unpaired) electrons. The van der Waals surface area contributed by atoms with Crippen LogP contribution in [-0.2, 0) is 0 Å². The number of hydrogen-bond acceptors (Lipinski definition) is 2. The molecule has 2 nitrogen and oxygen atoms in total. The molecule has 28 heavy (non-hydrogen) atoms.